The van der Waals surface area contributed by atoms with E-state index in [9.17, 15) is 9.59 Å². The molecule has 2 aromatic heterocycles. The van der Waals surface area contributed by atoms with Crippen LogP contribution in [0.25, 0.3) is 22.3 Å². The number of benzene rings is 2. The molecule has 2 heterocycles. The molecule has 0 atom stereocenters. The van der Waals surface area contributed by atoms with Crippen molar-refractivity contribution in [2.45, 2.75) is 13.5 Å². The minimum atomic E-state index is -0.672. The molecule has 0 aliphatic heterocycles. The van der Waals surface area contributed by atoms with Crippen molar-refractivity contribution in [1.29, 1.82) is 0 Å². The van der Waals surface area contributed by atoms with E-state index < -0.39 is 6.03 Å². The third-order valence-corrected chi connectivity index (χ3v) is 4.61. The van der Waals surface area contributed by atoms with Gasteiger partial charge in [-0.15, -0.1) is 0 Å². The van der Waals surface area contributed by atoms with E-state index in [2.05, 4.69) is 15.7 Å². The predicted molar refractivity (Wildman–Crippen MR) is 116 cm³/mol. The minimum Gasteiger partial charge on any atom is -0.351 e. The highest BCUT2D eigenvalue weighted by molar-refractivity contribution is 6.12. The molecule has 2 aromatic carbocycles. The van der Waals surface area contributed by atoms with Gasteiger partial charge in [0.05, 0.1) is 22.8 Å². The Morgan fingerprint density at radius 1 is 1.00 bits per heavy atom. The van der Waals surface area contributed by atoms with E-state index >= 15 is 0 Å². The van der Waals surface area contributed by atoms with Gasteiger partial charge in [0.15, 0.2) is 5.65 Å². The van der Waals surface area contributed by atoms with Crippen LogP contribution < -0.4 is 16.4 Å². The topological polar surface area (TPSA) is 115 Å². The second-order valence-corrected chi connectivity index (χ2v) is 6.64. The predicted octanol–water partition coefficient (Wildman–Crippen LogP) is 3.86. The molecular formula is C22H20N6O2. The van der Waals surface area contributed by atoms with E-state index in [0.29, 0.717) is 40.2 Å². The number of carbonyl (C=O) groups excluding carboxylic acids is 2. The van der Waals surface area contributed by atoms with Gasteiger partial charge < -0.3 is 16.4 Å². The van der Waals surface area contributed by atoms with Crippen LogP contribution in [0.4, 0.5) is 16.2 Å². The van der Waals surface area contributed by atoms with E-state index in [1.165, 1.54) is 0 Å². The molecule has 0 saturated carbocycles. The number of aryl methyl sites for hydroxylation is 1. The van der Waals surface area contributed by atoms with E-state index in [-0.39, 0.29) is 5.91 Å². The number of urea groups is 1. The van der Waals surface area contributed by atoms with Gasteiger partial charge in [0.1, 0.15) is 0 Å². The molecule has 0 spiro atoms. The summed E-state index contributed by atoms with van der Waals surface area (Å²) in [7, 11) is 0. The fourth-order valence-electron chi connectivity index (χ4n) is 3.24. The Kier molecular flexibility index (Phi) is 5.13. The number of hydrogen-bond donors (Lipinski definition) is 3. The lowest BCUT2D eigenvalue weighted by molar-refractivity contribution is 0.102. The van der Waals surface area contributed by atoms with Gasteiger partial charge in [0.25, 0.3) is 5.91 Å². The van der Waals surface area contributed by atoms with Crippen LogP contribution in [-0.2, 0) is 6.54 Å². The first kappa shape index (κ1) is 19.1. The summed E-state index contributed by atoms with van der Waals surface area (Å²) < 4.78 is 1.76. The van der Waals surface area contributed by atoms with Crippen molar-refractivity contribution in [2.75, 3.05) is 10.6 Å². The van der Waals surface area contributed by atoms with Crippen LogP contribution in [0.15, 0.2) is 66.9 Å². The number of nitrogens with two attached hydrogens (primary N) is 1. The summed E-state index contributed by atoms with van der Waals surface area (Å²) in [5.41, 5.74) is 8.89. The molecule has 3 amide bonds. The van der Waals surface area contributed by atoms with Crippen molar-refractivity contribution in [2.24, 2.45) is 5.73 Å². The third kappa shape index (κ3) is 3.83. The Balaban J connectivity index is 1.75. The molecular weight excluding hydrogens is 380 g/mol. The van der Waals surface area contributed by atoms with E-state index in [0.717, 1.165) is 5.56 Å². The zero-order valence-electron chi connectivity index (χ0n) is 16.3. The molecule has 0 aliphatic rings. The van der Waals surface area contributed by atoms with Gasteiger partial charge in [-0.05, 0) is 31.2 Å². The molecule has 8 nitrogen and oxygen atoms in total. The Morgan fingerprint density at radius 3 is 2.43 bits per heavy atom. The number of nitrogens with one attached hydrogen (secondary N) is 2. The average molecular weight is 400 g/mol. The van der Waals surface area contributed by atoms with Crippen LogP contribution >= 0.6 is 0 Å². The molecule has 0 fully saturated rings. The van der Waals surface area contributed by atoms with Crippen LogP contribution in [-0.4, -0.2) is 26.7 Å². The molecule has 4 N–H and O–H groups in total. The van der Waals surface area contributed by atoms with Gasteiger partial charge in [0.2, 0.25) is 0 Å². The monoisotopic (exact) mass is 400 g/mol. The number of rotatable bonds is 5. The molecule has 0 saturated heterocycles. The number of pyridine rings is 1. The summed E-state index contributed by atoms with van der Waals surface area (Å²) in [4.78, 5) is 29.0. The summed E-state index contributed by atoms with van der Waals surface area (Å²) in [5, 5.41) is 10.4. The maximum absolute atomic E-state index is 13.2. The second-order valence-electron chi connectivity index (χ2n) is 6.64. The van der Waals surface area contributed by atoms with Crippen molar-refractivity contribution in [3.05, 3.63) is 72.4 Å². The summed E-state index contributed by atoms with van der Waals surface area (Å²) in [6.07, 6.45) is 1.65. The van der Waals surface area contributed by atoms with Gasteiger partial charge in [-0.2, -0.15) is 5.10 Å². The second kappa shape index (κ2) is 8.04. The maximum Gasteiger partial charge on any atom is 0.316 e. The fourth-order valence-corrected chi connectivity index (χ4v) is 3.24. The number of primary amides is 1. The molecule has 0 aliphatic carbocycles. The van der Waals surface area contributed by atoms with Crippen molar-refractivity contribution in [1.82, 2.24) is 14.8 Å². The quantitative estimate of drug-likeness (QED) is 0.472. The first-order valence-corrected chi connectivity index (χ1v) is 9.45. The summed E-state index contributed by atoms with van der Waals surface area (Å²) in [6, 6.07) is 17.5. The largest absolute Gasteiger partial charge is 0.351 e. The maximum atomic E-state index is 13.2. The number of nitrogens with zero attached hydrogens (tertiary/aromatic N) is 3. The first-order chi connectivity index (χ1) is 14.5. The van der Waals surface area contributed by atoms with Crippen LogP contribution in [0.5, 0.6) is 0 Å². The Morgan fingerprint density at radius 2 is 1.73 bits per heavy atom. The first-order valence-electron chi connectivity index (χ1n) is 9.45. The lowest BCUT2D eigenvalue weighted by atomic mass is 10.1. The minimum absolute atomic E-state index is 0.300. The number of hydrogen-bond acceptors (Lipinski definition) is 4. The van der Waals surface area contributed by atoms with E-state index in [1.54, 1.807) is 41.2 Å². The normalized spacial score (nSPS) is 10.7. The molecule has 150 valence electrons. The highest BCUT2D eigenvalue weighted by atomic mass is 16.2. The molecule has 30 heavy (non-hydrogen) atoms. The van der Waals surface area contributed by atoms with Crippen molar-refractivity contribution < 1.29 is 9.59 Å². The lowest BCUT2D eigenvalue weighted by Gasteiger charge is -2.10. The van der Waals surface area contributed by atoms with Gasteiger partial charge in [0, 0.05) is 23.5 Å². The summed E-state index contributed by atoms with van der Waals surface area (Å²) in [6.45, 7) is 2.61. The molecule has 8 heteroatoms. The standard InChI is InChI=1S/C22H20N6O2/c1-2-28-20-18(13-24-28)17(12-19(27-20)14-7-4-3-5-8-14)21(29)25-15-9-6-10-16(11-15)26-22(23)30/h3-13H,2H2,1H3,(H,25,29)(H3,23,26,30). The Bertz CT molecular complexity index is 1230. The SMILES string of the molecule is CCn1ncc2c(C(=O)Nc3cccc(NC(N)=O)c3)cc(-c3ccccc3)nc21. The molecule has 4 aromatic rings. The summed E-state index contributed by atoms with van der Waals surface area (Å²) >= 11 is 0. The van der Waals surface area contributed by atoms with Crippen LogP contribution in [0.1, 0.15) is 17.3 Å². The van der Waals surface area contributed by atoms with Crippen molar-refractivity contribution in [3.63, 3.8) is 0 Å². The number of aromatic nitrogens is 3. The molecule has 0 unspecified atom stereocenters. The molecule has 0 radical (unpaired) electrons. The zero-order chi connectivity index (χ0) is 21.1. The van der Waals surface area contributed by atoms with Gasteiger partial charge in [-0.25, -0.2) is 14.5 Å². The van der Waals surface area contributed by atoms with E-state index in [1.807, 2.05) is 37.3 Å². The van der Waals surface area contributed by atoms with Crippen LogP contribution in [0.3, 0.4) is 0 Å². The van der Waals surface area contributed by atoms with Gasteiger partial charge in [-0.3, -0.25) is 4.79 Å². The summed E-state index contributed by atoms with van der Waals surface area (Å²) in [5.74, 6) is -0.300. The van der Waals surface area contributed by atoms with Crippen LogP contribution in [0.2, 0.25) is 0 Å². The third-order valence-electron chi connectivity index (χ3n) is 4.61. The van der Waals surface area contributed by atoms with Crippen molar-refractivity contribution in [3.8, 4) is 11.3 Å². The number of carbonyl (C=O) groups is 2. The number of fused-ring (bicyclic) bond motifs is 1. The zero-order valence-corrected chi connectivity index (χ0v) is 16.3. The van der Waals surface area contributed by atoms with Gasteiger partial charge >= 0.3 is 6.03 Å². The smallest absolute Gasteiger partial charge is 0.316 e. The van der Waals surface area contributed by atoms with Crippen LogP contribution in [0, 0.1) is 0 Å². The number of amides is 3. The highest BCUT2D eigenvalue weighted by Gasteiger charge is 2.17. The Hall–Kier alpha value is -4.20. The van der Waals surface area contributed by atoms with Crippen molar-refractivity contribution >= 4 is 34.3 Å². The molecule has 4 rings (SSSR count). The average Bonchev–Trinajstić information content (AvgIpc) is 3.16. The number of anilines is 2. The fraction of sp³-hybridized carbons (Fsp3) is 0.0909. The molecule has 0 bridgehead atoms. The van der Waals surface area contributed by atoms with E-state index in [4.69, 9.17) is 10.7 Å². The highest BCUT2D eigenvalue weighted by Crippen LogP contribution is 2.26. The Labute approximate surface area is 172 Å². The van der Waals surface area contributed by atoms with Gasteiger partial charge in [-0.1, -0.05) is 36.4 Å². The lowest BCUT2D eigenvalue weighted by Crippen LogP contribution is -2.19.